The van der Waals surface area contributed by atoms with Crippen molar-refractivity contribution in [3.63, 3.8) is 0 Å². The number of benzene rings is 3. The Balaban J connectivity index is 0.000000514. The minimum Gasteiger partial charge on any atom is -0.473 e. The lowest BCUT2D eigenvalue weighted by Gasteiger charge is -2.60. The molecule has 0 atom stereocenters. The quantitative estimate of drug-likeness (QED) is 0.0621. The number of carbonyl (C=O) groups is 5. The molecule has 6 aliphatic rings. The number of likely N-dealkylation sites (tertiary alicyclic amines) is 3. The van der Waals surface area contributed by atoms with Crippen molar-refractivity contribution in [3.8, 4) is 0 Å². The number of nitro groups is 2. The van der Waals surface area contributed by atoms with Crippen LogP contribution in [0.5, 0.6) is 0 Å². The number of carbonyl (C=O) groups excluding carboxylic acids is 3. The predicted molar refractivity (Wildman–Crippen MR) is 302 cm³/mol. The van der Waals surface area contributed by atoms with E-state index in [0.29, 0.717) is 18.5 Å². The van der Waals surface area contributed by atoms with Gasteiger partial charge in [0.2, 0.25) is 0 Å². The Kier molecular flexibility index (Phi) is 24.5. The van der Waals surface area contributed by atoms with Gasteiger partial charge >= 0.3 is 30.2 Å². The van der Waals surface area contributed by atoms with Gasteiger partial charge < -0.3 is 60.0 Å². The number of nitrogens with zero attached hydrogens (tertiary/aromatic N) is 7. The number of rotatable bonds is 4. The number of non-ortho nitro benzene ring substituents is 2. The van der Waals surface area contributed by atoms with Crippen molar-refractivity contribution in [3.05, 3.63) is 98.8 Å². The van der Waals surface area contributed by atoms with Gasteiger partial charge in [0, 0.05) is 136 Å². The monoisotopic (exact) mass is 1120 g/mol. The molecule has 6 fully saturated rings. The smallest absolute Gasteiger partial charge is 0.414 e. The Morgan fingerprint density at radius 3 is 1.03 bits per heavy atom. The van der Waals surface area contributed by atoms with Gasteiger partial charge in [0.15, 0.2) is 0 Å². The molecule has 0 saturated carbocycles. The van der Waals surface area contributed by atoms with Gasteiger partial charge in [-0.2, -0.15) is 0 Å². The summed E-state index contributed by atoms with van der Waals surface area (Å²) < 4.78 is 28.1. The lowest BCUT2D eigenvalue weighted by atomic mass is 9.73. The van der Waals surface area contributed by atoms with Crippen LogP contribution in [0.3, 0.4) is 0 Å². The number of ether oxygens (including phenoxy) is 3. The molecular formula is C55H86FN9O14. The van der Waals surface area contributed by atoms with E-state index in [1.165, 1.54) is 17.8 Å². The Morgan fingerprint density at radius 1 is 0.519 bits per heavy atom. The van der Waals surface area contributed by atoms with E-state index in [9.17, 15) is 39.0 Å². The van der Waals surface area contributed by atoms with E-state index in [1.54, 1.807) is 26.8 Å². The molecule has 24 heteroatoms. The fourth-order valence-electron chi connectivity index (χ4n) is 8.68. The summed E-state index contributed by atoms with van der Waals surface area (Å²) >= 11 is 0. The first-order valence-electron chi connectivity index (χ1n) is 24.8. The highest BCUT2D eigenvalue weighted by atomic mass is 19.1. The zero-order chi connectivity index (χ0) is 57.2. The van der Waals surface area contributed by atoms with E-state index in [1.807, 2.05) is 100 Å². The first kappa shape index (κ1) is 69.5. The zero-order valence-corrected chi connectivity index (χ0v) is 45.3. The molecule has 79 heavy (non-hydrogen) atoms. The standard InChI is InChI=1S/C16H21N3O4.C16H23N3O2.C10H18N2O2.C6H4FNO2.C2H2O4.C2H6.3CH4/c1-15(2,3)23-14(20)18-10-16(11-18)8-17(9-16)12-4-6-13(7-5-12)19(21)22;1-15(2,3)21-14(20)19-10-16(11-19)8-18(9-16)13-6-4-12(17)5-7-13;1-9(2,3)14-8(13)12-6-10(7-12)4-11-5-10;7-5-1-3-6(4-2-5)8(9)10;3-1(4)2(5)6;1-2;;;/h4-7H,8-11H2,1-3H3;4-7H,8-11,17H2,1-3H3;11H,4-7H2,1-3H3;1-4H;(H,3,4)(H,5,6);1-2H3;3*1H4. The van der Waals surface area contributed by atoms with E-state index in [-0.39, 0.29) is 68.4 Å². The van der Waals surface area contributed by atoms with Gasteiger partial charge in [-0.25, -0.2) is 28.4 Å². The molecule has 0 unspecified atom stereocenters. The number of nitrogens with one attached hydrogen (secondary N) is 1. The number of nitrogen functional groups attached to an aromatic ring is 1. The number of carboxylic acids is 2. The minimum absolute atomic E-state index is 0. The molecule has 6 heterocycles. The molecule has 3 aromatic carbocycles. The van der Waals surface area contributed by atoms with Crippen LogP contribution in [0.2, 0.25) is 0 Å². The first-order valence-corrected chi connectivity index (χ1v) is 24.8. The fraction of sp³-hybridized carbons (Fsp3) is 0.582. The molecule has 442 valence electrons. The third-order valence-corrected chi connectivity index (χ3v) is 12.1. The highest BCUT2D eigenvalue weighted by molar-refractivity contribution is 6.27. The van der Waals surface area contributed by atoms with Gasteiger partial charge in [-0.1, -0.05) is 36.1 Å². The lowest BCUT2D eigenvalue weighted by Crippen LogP contribution is -2.73. The average molecular weight is 1120 g/mol. The Morgan fingerprint density at radius 2 is 0.785 bits per heavy atom. The number of nitrogens with two attached hydrogens (primary N) is 1. The fourth-order valence-corrected chi connectivity index (χ4v) is 8.68. The summed E-state index contributed by atoms with van der Waals surface area (Å²) in [7, 11) is 0. The predicted octanol–water partition coefficient (Wildman–Crippen LogP) is 9.63. The number of amides is 3. The number of anilines is 3. The molecule has 6 saturated heterocycles. The molecule has 23 nitrogen and oxygen atoms in total. The van der Waals surface area contributed by atoms with E-state index < -0.39 is 38.8 Å². The maximum absolute atomic E-state index is 12.1. The highest BCUT2D eigenvalue weighted by Gasteiger charge is 2.55. The van der Waals surface area contributed by atoms with Crippen LogP contribution in [0.1, 0.15) is 98.4 Å². The van der Waals surface area contributed by atoms with Crippen molar-refractivity contribution in [2.24, 2.45) is 16.2 Å². The van der Waals surface area contributed by atoms with Crippen molar-refractivity contribution in [1.82, 2.24) is 20.0 Å². The molecule has 9 rings (SSSR count). The van der Waals surface area contributed by atoms with Crippen molar-refractivity contribution < 1.29 is 62.6 Å². The van der Waals surface area contributed by atoms with E-state index >= 15 is 0 Å². The molecule has 6 aliphatic heterocycles. The topological polar surface area (TPSA) is 294 Å². The third kappa shape index (κ3) is 20.3. The van der Waals surface area contributed by atoms with Crippen molar-refractivity contribution in [1.29, 1.82) is 0 Å². The van der Waals surface area contributed by atoms with Gasteiger partial charge in [-0.3, -0.25) is 20.2 Å². The van der Waals surface area contributed by atoms with Gasteiger partial charge in [-0.05, 0) is 111 Å². The average Bonchev–Trinajstić information content (AvgIpc) is 3.21. The third-order valence-electron chi connectivity index (χ3n) is 12.1. The number of aliphatic carboxylic acids is 2. The number of carboxylic acid groups (broad SMARTS) is 2. The van der Waals surface area contributed by atoms with Gasteiger partial charge in [-0.15, -0.1) is 0 Å². The van der Waals surface area contributed by atoms with Crippen LogP contribution in [0.25, 0.3) is 0 Å². The maximum atomic E-state index is 12.1. The molecule has 5 N–H and O–H groups in total. The van der Waals surface area contributed by atoms with Crippen LogP contribution in [0, 0.1) is 42.3 Å². The molecule has 0 bridgehead atoms. The molecule has 0 aromatic heterocycles. The zero-order valence-electron chi connectivity index (χ0n) is 45.3. The minimum atomic E-state index is -1.82. The lowest BCUT2D eigenvalue weighted by molar-refractivity contribution is -0.385. The van der Waals surface area contributed by atoms with Crippen LogP contribution >= 0.6 is 0 Å². The summed E-state index contributed by atoms with van der Waals surface area (Å²) in [5.74, 6) is -4.12. The van der Waals surface area contributed by atoms with Crippen LogP contribution in [0.4, 0.5) is 47.2 Å². The second-order valence-corrected chi connectivity index (χ2v) is 22.5. The SMILES string of the molecule is C.C.C.CC.CC(C)(C)OC(=O)N1CC2(C1)CN(c1ccc(N)cc1)C2.CC(C)(C)OC(=O)N1CC2(C1)CN(c1ccc([N+](=O)[O-])cc1)C2.CC(C)(C)OC(=O)N1CC2(CNC2)C1.O=C(O)C(=O)O.O=[N+]([O-])c1ccc(F)cc1. The largest absolute Gasteiger partial charge is 0.473 e. The summed E-state index contributed by atoms with van der Waals surface area (Å²) in [6, 6.07) is 18.9. The Labute approximate surface area is 464 Å². The summed E-state index contributed by atoms with van der Waals surface area (Å²) in [5, 5.41) is 38.7. The number of halogens is 1. The van der Waals surface area contributed by atoms with Crippen LogP contribution in [-0.4, -0.2) is 160 Å². The summed E-state index contributed by atoms with van der Waals surface area (Å²) in [4.78, 5) is 83.1. The van der Waals surface area contributed by atoms with Gasteiger partial charge in [0.1, 0.15) is 22.6 Å². The van der Waals surface area contributed by atoms with Crippen LogP contribution in [-0.2, 0) is 23.8 Å². The molecule has 0 aliphatic carbocycles. The number of nitro benzene ring substituents is 2. The summed E-state index contributed by atoms with van der Waals surface area (Å²) in [6.07, 6.45) is -0.619. The van der Waals surface area contributed by atoms with Crippen molar-refractivity contribution in [2.75, 3.05) is 94.1 Å². The summed E-state index contributed by atoms with van der Waals surface area (Å²) in [6.45, 7) is 31.5. The normalized spacial score (nSPS) is 16.9. The molecule has 0 radical (unpaired) electrons. The number of hydrogen-bond acceptors (Lipinski definition) is 16. The van der Waals surface area contributed by atoms with Crippen molar-refractivity contribution >= 4 is 58.7 Å². The van der Waals surface area contributed by atoms with Crippen LogP contribution < -0.4 is 20.9 Å². The van der Waals surface area contributed by atoms with Crippen molar-refractivity contribution in [2.45, 2.75) is 115 Å². The molecule has 3 amide bonds. The van der Waals surface area contributed by atoms with Crippen LogP contribution in [0.15, 0.2) is 72.8 Å². The van der Waals surface area contributed by atoms with Gasteiger partial charge in [0.25, 0.3) is 11.4 Å². The Hall–Kier alpha value is -7.50. The van der Waals surface area contributed by atoms with E-state index in [2.05, 4.69) is 15.1 Å². The molecule has 3 aromatic rings. The first-order chi connectivity index (χ1) is 35.2. The van der Waals surface area contributed by atoms with E-state index in [4.69, 9.17) is 39.7 Å². The maximum Gasteiger partial charge on any atom is 0.414 e. The molecule has 3 spiro atoms. The Bertz CT molecular complexity index is 2480. The second kappa shape index (κ2) is 27.9. The molecular weight excluding hydrogens is 1030 g/mol. The number of hydrogen-bond donors (Lipinski definition) is 4. The highest BCUT2D eigenvalue weighted by Crippen LogP contribution is 2.44. The second-order valence-electron chi connectivity index (χ2n) is 22.5. The summed E-state index contributed by atoms with van der Waals surface area (Å²) in [5.41, 5.74) is 8.21. The van der Waals surface area contributed by atoms with Gasteiger partial charge in [0.05, 0.1) is 9.85 Å². The van der Waals surface area contributed by atoms with E-state index in [0.717, 1.165) is 101 Å².